The summed E-state index contributed by atoms with van der Waals surface area (Å²) in [6.07, 6.45) is 2.31. The first-order chi connectivity index (χ1) is 11.8. The quantitative estimate of drug-likeness (QED) is 0.858. The molecular weight excluding hydrogens is 298 g/mol. The zero-order valence-electron chi connectivity index (χ0n) is 13.9. The number of hydrogen-bond acceptors (Lipinski definition) is 3. The lowest BCUT2D eigenvalue weighted by molar-refractivity contribution is -0.130. The predicted molar refractivity (Wildman–Crippen MR) is 97.4 cm³/mol. The number of amides is 1. The van der Waals surface area contributed by atoms with Crippen molar-refractivity contribution in [2.24, 2.45) is 5.73 Å². The first-order valence-electron chi connectivity index (χ1n) is 8.62. The maximum atomic E-state index is 12.2. The smallest absolute Gasteiger partial charge is 0.236 e. The van der Waals surface area contributed by atoms with Crippen LogP contribution in [0.1, 0.15) is 18.4 Å². The number of rotatable bonds is 6. The van der Waals surface area contributed by atoms with Crippen LogP contribution in [0.25, 0.3) is 11.1 Å². The molecule has 1 saturated heterocycles. The molecule has 1 aliphatic heterocycles. The van der Waals surface area contributed by atoms with Crippen molar-refractivity contribution in [1.29, 1.82) is 0 Å². The Morgan fingerprint density at radius 1 is 1.08 bits per heavy atom. The summed E-state index contributed by atoms with van der Waals surface area (Å²) in [4.78, 5) is 14.0. The van der Waals surface area contributed by atoms with Crippen molar-refractivity contribution in [1.82, 2.24) is 10.2 Å². The van der Waals surface area contributed by atoms with Crippen LogP contribution in [0.2, 0.25) is 0 Å². The molecule has 4 nitrogen and oxygen atoms in total. The third kappa shape index (κ3) is 4.22. The van der Waals surface area contributed by atoms with Crippen LogP contribution in [0.15, 0.2) is 54.6 Å². The zero-order chi connectivity index (χ0) is 16.8. The number of nitrogens with one attached hydrogen (secondary N) is 1. The molecule has 1 amide bonds. The maximum absolute atomic E-state index is 12.2. The molecule has 1 heterocycles. The predicted octanol–water partition coefficient (Wildman–Crippen LogP) is 2.39. The fourth-order valence-corrected chi connectivity index (χ4v) is 3.22. The molecule has 1 aliphatic rings. The van der Waals surface area contributed by atoms with Gasteiger partial charge in [-0.3, -0.25) is 4.79 Å². The van der Waals surface area contributed by atoms with E-state index in [4.69, 9.17) is 5.73 Å². The molecule has 0 spiro atoms. The highest BCUT2D eigenvalue weighted by Crippen LogP contribution is 2.20. The summed E-state index contributed by atoms with van der Waals surface area (Å²) >= 11 is 0. The van der Waals surface area contributed by atoms with Crippen LogP contribution >= 0.6 is 0 Å². The molecule has 3 rings (SSSR count). The summed E-state index contributed by atoms with van der Waals surface area (Å²) < 4.78 is 0. The molecule has 126 valence electrons. The normalized spacial score (nSPS) is 17.0. The number of nitrogens with zero attached hydrogens (tertiary/aromatic N) is 1. The van der Waals surface area contributed by atoms with Gasteiger partial charge in [0.1, 0.15) is 0 Å². The number of nitrogens with two attached hydrogens (primary N) is 1. The topological polar surface area (TPSA) is 58.4 Å². The highest BCUT2D eigenvalue weighted by Gasteiger charge is 2.20. The van der Waals surface area contributed by atoms with Crippen LogP contribution in [0.5, 0.6) is 0 Å². The molecule has 2 aromatic carbocycles. The standard InChI is InChI=1S/C20H25N3O/c21-13-20(24)23(15-19-7-4-12-22-19)14-16-8-10-18(11-9-16)17-5-2-1-3-6-17/h1-3,5-6,8-11,19,22H,4,7,12-15,21H2/t19-/m0/s1. The van der Waals surface area contributed by atoms with Crippen molar-refractivity contribution < 1.29 is 4.79 Å². The van der Waals surface area contributed by atoms with Crippen molar-refractivity contribution in [3.8, 4) is 11.1 Å². The van der Waals surface area contributed by atoms with Gasteiger partial charge in [-0.25, -0.2) is 0 Å². The van der Waals surface area contributed by atoms with Crippen LogP contribution in [0, 0.1) is 0 Å². The van der Waals surface area contributed by atoms with Crippen LogP contribution in [0.4, 0.5) is 0 Å². The van der Waals surface area contributed by atoms with Gasteiger partial charge in [-0.2, -0.15) is 0 Å². The lowest BCUT2D eigenvalue weighted by atomic mass is 10.0. The summed E-state index contributed by atoms with van der Waals surface area (Å²) in [5.74, 6) is 0.0100. The second-order valence-electron chi connectivity index (χ2n) is 6.33. The van der Waals surface area contributed by atoms with E-state index in [1.807, 2.05) is 23.1 Å². The van der Waals surface area contributed by atoms with Crippen molar-refractivity contribution in [3.63, 3.8) is 0 Å². The molecule has 0 radical (unpaired) electrons. The van der Waals surface area contributed by atoms with E-state index in [1.165, 1.54) is 17.5 Å². The molecule has 0 saturated carbocycles. The third-order valence-electron chi connectivity index (χ3n) is 4.56. The van der Waals surface area contributed by atoms with Gasteiger partial charge in [-0.15, -0.1) is 0 Å². The molecular formula is C20H25N3O. The molecule has 1 fully saturated rings. The Labute approximate surface area is 143 Å². The van der Waals surface area contributed by atoms with Crippen LogP contribution in [-0.2, 0) is 11.3 Å². The van der Waals surface area contributed by atoms with E-state index in [-0.39, 0.29) is 12.5 Å². The Morgan fingerprint density at radius 2 is 1.79 bits per heavy atom. The minimum atomic E-state index is 0.0100. The van der Waals surface area contributed by atoms with Crippen molar-refractivity contribution >= 4 is 5.91 Å². The lowest BCUT2D eigenvalue weighted by Crippen LogP contribution is -2.43. The first-order valence-corrected chi connectivity index (χ1v) is 8.62. The summed E-state index contributed by atoms with van der Waals surface area (Å²) in [5.41, 5.74) is 9.11. The first kappa shape index (κ1) is 16.7. The number of carbonyl (C=O) groups is 1. The molecule has 3 N–H and O–H groups in total. The summed E-state index contributed by atoms with van der Waals surface area (Å²) in [6.45, 7) is 2.45. The highest BCUT2D eigenvalue weighted by molar-refractivity contribution is 5.78. The largest absolute Gasteiger partial charge is 0.336 e. The van der Waals surface area contributed by atoms with Crippen LogP contribution < -0.4 is 11.1 Å². The number of carbonyl (C=O) groups excluding carboxylic acids is 1. The minimum absolute atomic E-state index is 0.0100. The van der Waals surface area contributed by atoms with Gasteiger partial charge in [0.05, 0.1) is 6.54 Å². The van der Waals surface area contributed by atoms with E-state index in [2.05, 4.69) is 41.7 Å². The fourth-order valence-electron chi connectivity index (χ4n) is 3.22. The summed E-state index contributed by atoms with van der Waals surface area (Å²) in [7, 11) is 0. The second-order valence-corrected chi connectivity index (χ2v) is 6.33. The average molecular weight is 323 g/mol. The van der Waals surface area contributed by atoms with Crippen molar-refractivity contribution in [3.05, 3.63) is 60.2 Å². The van der Waals surface area contributed by atoms with Crippen LogP contribution in [0.3, 0.4) is 0 Å². The van der Waals surface area contributed by atoms with Crippen LogP contribution in [-0.4, -0.2) is 36.5 Å². The van der Waals surface area contributed by atoms with E-state index in [0.717, 1.165) is 25.1 Å². The number of benzene rings is 2. The van der Waals surface area contributed by atoms with Gasteiger partial charge in [0.25, 0.3) is 0 Å². The average Bonchev–Trinajstić information content (AvgIpc) is 3.15. The fraction of sp³-hybridized carbons (Fsp3) is 0.350. The van der Waals surface area contributed by atoms with Gasteiger partial charge in [0, 0.05) is 19.1 Å². The molecule has 0 aromatic heterocycles. The van der Waals surface area contributed by atoms with Gasteiger partial charge in [-0.05, 0) is 36.1 Å². The zero-order valence-corrected chi connectivity index (χ0v) is 13.9. The molecule has 24 heavy (non-hydrogen) atoms. The Balaban J connectivity index is 1.68. The Bertz CT molecular complexity index is 648. The van der Waals surface area contributed by atoms with Gasteiger partial charge in [0.15, 0.2) is 0 Å². The van der Waals surface area contributed by atoms with E-state index in [0.29, 0.717) is 12.6 Å². The Kier molecular flexibility index (Phi) is 5.62. The van der Waals surface area contributed by atoms with E-state index < -0.39 is 0 Å². The maximum Gasteiger partial charge on any atom is 0.236 e. The molecule has 0 aliphatic carbocycles. The summed E-state index contributed by atoms with van der Waals surface area (Å²) in [5, 5.41) is 3.45. The van der Waals surface area contributed by atoms with Gasteiger partial charge >= 0.3 is 0 Å². The Morgan fingerprint density at radius 3 is 2.42 bits per heavy atom. The Hall–Kier alpha value is -2.17. The van der Waals surface area contributed by atoms with E-state index in [1.54, 1.807) is 0 Å². The monoisotopic (exact) mass is 323 g/mol. The van der Waals surface area contributed by atoms with Gasteiger partial charge < -0.3 is 16.0 Å². The molecule has 2 aromatic rings. The molecule has 4 heteroatoms. The summed E-state index contributed by atoms with van der Waals surface area (Å²) in [6, 6.07) is 19.1. The number of hydrogen-bond donors (Lipinski definition) is 2. The van der Waals surface area contributed by atoms with E-state index >= 15 is 0 Å². The van der Waals surface area contributed by atoms with E-state index in [9.17, 15) is 4.79 Å². The van der Waals surface area contributed by atoms with Gasteiger partial charge in [0.2, 0.25) is 5.91 Å². The SMILES string of the molecule is NCC(=O)N(Cc1ccc(-c2ccccc2)cc1)C[C@@H]1CCCN1. The minimum Gasteiger partial charge on any atom is -0.336 e. The lowest BCUT2D eigenvalue weighted by Gasteiger charge is -2.25. The third-order valence-corrected chi connectivity index (χ3v) is 4.56. The molecule has 0 bridgehead atoms. The highest BCUT2D eigenvalue weighted by atomic mass is 16.2. The van der Waals surface area contributed by atoms with Crippen molar-refractivity contribution in [2.45, 2.75) is 25.4 Å². The molecule has 0 unspecified atom stereocenters. The van der Waals surface area contributed by atoms with Crippen molar-refractivity contribution in [2.75, 3.05) is 19.6 Å². The molecule has 1 atom stereocenters. The van der Waals surface area contributed by atoms with Gasteiger partial charge in [-0.1, -0.05) is 54.6 Å². The second kappa shape index (κ2) is 8.08.